The molecule has 0 radical (unpaired) electrons. The van der Waals surface area contributed by atoms with Crippen molar-refractivity contribution in [3.8, 4) is 11.5 Å². The van der Waals surface area contributed by atoms with Crippen molar-refractivity contribution in [2.75, 3.05) is 20.8 Å². The Morgan fingerprint density at radius 3 is 1.44 bits per heavy atom. The van der Waals surface area contributed by atoms with Gasteiger partial charge in [-0.05, 0) is 182 Å². The van der Waals surface area contributed by atoms with Crippen molar-refractivity contribution in [1.29, 1.82) is 0 Å². The molecule has 0 aliphatic carbocycles. The van der Waals surface area contributed by atoms with Crippen LogP contribution in [0.1, 0.15) is 134 Å². The maximum Gasteiger partial charge on any atom is 0.694 e. The monoisotopic (exact) mass is 996 g/mol. The van der Waals surface area contributed by atoms with E-state index in [0.29, 0.717) is 12.8 Å². The van der Waals surface area contributed by atoms with Crippen LogP contribution >= 0.6 is 8.25 Å². The number of benzene rings is 3. The first-order valence-corrected chi connectivity index (χ1v) is 26.7. The molecule has 3 aromatic carbocycles. The van der Waals surface area contributed by atoms with E-state index in [1.165, 1.54) is 22.3 Å². The van der Waals surface area contributed by atoms with Gasteiger partial charge in [0.25, 0.3) is 0 Å². The largest absolute Gasteiger partial charge is 0.694 e. The fourth-order valence-corrected chi connectivity index (χ4v) is 11.4. The minimum atomic E-state index is -2.68. The summed E-state index contributed by atoms with van der Waals surface area (Å²) in [6.07, 6.45) is 4.46. The third-order valence-electron chi connectivity index (χ3n) is 15.0. The number of aryl methyl sites for hydroxylation is 5. The van der Waals surface area contributed by atoms with Crippen LogP contribution < -0.4 is 9.47 Å². The minimum absolute atomic E-state index is 0.172. The van der Waals surface area contributed by atoms with E-state index in [1.54, 1.807) is 14.2 Å². The summed E-state index contributed by atoms with van der Waals surface area (Å²) in [6, 6.07) is 35.6. The Hall–Kier alpha value is -6.88. The van der Waals surface area contributed by atoms with Crippen LogP contribution in [-0.2, 0) is 45.3 Å². The van der Waals surface area contributed by atoms with Crippen LogP contribution in [0.3, 0.4) is 0 Å². The van der Waals surface area contributed by atoms with Gasteiger partial charge in [0.2, 0.25) is 0 Å². The Balaban J connectivity index is 1.36. The number of allylic oxidation sites excluding steroid dienone is 4. The van der Waals surface area contributed by atoms with E-state index in [0.717, 1.165) is 143 Å². The van der Waals surface area contributed by atoms with Crippen LogP contribution in [0.15, 0.2) is 103 Å². The molecule has 0 saturated heterocycles. The highest BCUT2D eigenvalue weighted by Gasteiger charge is 2.38. The summed E-state index contributed by atoms with van der Waals surface area (Å²) in [5, 5.41) is 0. The molecule has 0 fully saturated rings. The van der Waals surface area contributed by atoms with Crippen LogP contribution in [-0.4, -0.2) is 50.6 Å². The van der Waals surface area contributed by atoms with Crippen LogP contribution in [0.5, 0.6) is 11.5 Å². The maximum atomic E-state index is 11.5. The van der Waals surface area contributed by atoms with Crippen LogP contribution in [0.25, 0.3) is 55.4 Å². The molecule has 1 unspecified atom stereocenters. The summed E-state index contributed by atoms with van der Waals surface area (Å²) in [5.74, 6) is 1.51. The molecule has 0 amide bonds. The summed E-state index contributed by atoms with van der Waals surface area (Å²) in [5.41, 5.74) is 22.8. The Morgan fingerprint density at radius 2 is 0.986 bits per heavy atom. The molecule has 73 heavy (non-hydrogen) atoms. The first-order valence-electron chi connectivity index (χ1n) is 25.5. The van der Waals surface area contributed by atoms with E-state index in [-0.39, 0.29) is 13.2 Å². The SMILES string of the molecule is CCC1=C(C)c2nc1cc1[nH]c(cc3[nH]c(cc4[nH]c(cc5nc2C(C)=C5CC)c(C)c4COC(c2ccccc2)(c2ccc(OC)cc2)c2ccc(OC)cc2)c(CC)c3CC)c(CCCO[P+](=O)O)c1C. The molecule has 7 aromatic rings. The fraction of sp³-hybridized carbons (Fsp3) is 0.311. The molecule has 2 aliphatic rings. The van der Waals surface area contributed by atoms with Crippen molar-refractivity contribution in [3.63, 3.8) is 0 Å². The number of hydrogen-bond acceptors (Lipinski definition) is 7. The van der Waals surface area contributed by atoms with Crippen molar-refractivity contribution >= 4 is 63.6 Å². The van der Waals surface area contributed by atoms with Gasteiger partial charge in [-0.1, -0.05) is 82.3 Å². The maximum absolute atomic E-state index is 11.5. The number of nitrogens with one attached hydrogen (secondary N) is 3. The molecule has 9 rings (SSSR count). The Morgan fingerprint density at radius 1 is 0.548 bits per heavy atom. The average molecular weight is 997 g/mol. The van der Waals surface area contributed by atoms with Crippen molar-refractivity contribution in [1.82, 2.24) is 24.9 Å². The van der Waals surface area contributed by atoms with Gasteiger partial charge in [-0.25, -0.2) is 9.97 Å². The zero-order chi connectivity index (χ0) is 51.6. The zero-order valence-electron chi connectivity index (χ0n) is 43.8. The van der Waals surface area contributed by atoms with Crippen LogP contribution in [0.4, 0.5) is 0 Å². The van der Waals surface area contributed by atoms with Gasteiger partial charge in [-0.3, -0.25) is 0 Å². The lowest BCUT2D eigenvalue weighted by Gasteiger charge is -2.36. The van der Waals surface area contributed by atoms with E-state index in [2.05, 4.69) is 143 Å². The Kier molecular flexibility index (Phi) is 15.2. The molecule has 4 N–H and O–H groups in total. The molecular weight excluding hydrogens is 930 g/mol. The molecule has 11 nitrogen and oxygen atoms in total. The lowest BCUT2D eigenvalue weighted by Crippen LogP contribution is -2.33. The van der Waals surface area contributed by atoms with E-state index >= 15 is 0 Å². The van der Waals surface area contributed by atoms with Crippen molar-refractivity contribution in [2.45, 2.75) is 106 Å². The van der Waals surface area contributed by atoms with Crippen molar-refractivity contribution in [3.05, 3.63) is 176 Å². The Bertz CT molecular complexity index is 3440. The summed E-state index contributed by atoms with van der Waals surface area (Å²) in [4.78, 5) is 31.9. The standard InChI is InChI=1S/C61H66N5O6P/c1-11-45-38(7)59-60-39(8)46(12-2)54(66-60)32-52-37(6)50(35-71-61(40-19-16-15-17-20-40,41-22-26-43(69-9)27-23-41)42-24-28-44(70-10)29-25-42)58(63-52)34-56-48(14-4)47(13-3)55(64-56)33-57-49(21-18-30-72-73(67)68)36(5)51(62-57)31-53(45)65-59/h15-17,19-20,22-29,31-34,62-64H,11-14,18,21,30,35H2,1-10H3/p+1. The highest BCUT2D eigenvalue weighted by molar-refractivity contribution is 7.32. The quantitative estimate of drug-likeness (QED) is 0.0401. The van der Waals surface area contributed by atoms with Gasteiger partial charge < -0.3 is 29.2 Å². The number of fused-ring (bicyclic) bond motifs is 11. The van der Waals surface area contributed by atoms with Gasteiger partial charge in [0.1, 0.15) is 23.7 Å². The molecule has 2 aliphatic heterocycles. The summed E-state index contributed by atoms with van der Waals surface area (Å²) >= 11 is 0. The number of hydrogen-bond donors (Lipinski definition) is 4. The van der Waals surface area contributed by atoms with Gasteiger partial charge in [-0.15, -0.1) is 9.42 Å². The van der Waals surface area contributed by atoms with Gasteiger partial charge in [0.05, 0.1) is 43.6 Å². The third-order valence-corrected chi connectivity index (χ3v) is 15.4. The number of aromatic nitrogens is 5. The number of ether oxygens (including phenoxy) is 3. The van der Waals surface area contributed by atoms with E-state index in [4.69, 9.17) is 28.7 Å². The molecule has 376 valence electrons. The van der Waals surface area contributed by atoms with Crippen molar-refractivity contribution in [2.24, 2.45) is 0 Å². The van der Waals surface area contributed by atoms with Gasteiger partial charge in [0.15, 0.2) is 0 Å². The second-order valence-corrected chi connectivity index (χ2v) is 19.6. The fourth-order valence-electron chi connectivity index (χ4n) is 11.1. The van der Waals surface area contributed by atoms with Crippen LogP contribution in [0.2, 0.25) is 0 Å². The lowest BCUT2D eigenvalue weighted by atomic mass is 9.80. The smallest absolute Gasteiger partial charge is 0.497 e. The predicted octanol–water partition coefficient (Wildman–Crippen LogP) is 14.9. The van der Waals surface area contributed by atoms with E-state index in [1.807, 2.05) is 30.3 Å². The third kappa shape index (κ3) is 9.63. The predicted molar refractivity (Wildman–Crippen MR) is 297 cm³/mol. The molecule has 6 heterocycles. The van der Waals surface area contributed by atoms with Gasteiger partial charge >= 0.3 is 8.25 Å². The number of nitrogens with zero attached hydrogens (tertiary/aromatic N) is 2. The number of methoxy groups -OCH3 is 2. The molecule has 1 atom stereocenters. The van der Waals surface area contributed by atoms with Crippen LogP contribution in [0, 0.1) is 13.8 Å². The highest BCUT2D eigenvalue weighted by Crippen LogP contribution is 2.44. The number of aromatic amines is 3. The highest BCUT2D eigenvalue weighted by atomic mass is 31.1. The number of H-pyrrole nitrogens is 3. The van der Waals surface area contributed by atoms with Gasteiger partial charge in [-0.2, -0.15) is 0 Å². The first kappa shape index (κ1) is 51.0. The number of rotatable bonds is 17. The second-order valence-electron chi connectivity index (χ2n) is 18.9. The zero-order valence-corrected chi connectivity index (χ0v) is 44.7. The average Bonchev–Trinajstić information content (AvgIpc) is 4.17. The summed E-state index contributed by atoms with van der Waals surface area (Å²) in [7, 11) is 0.684. The molecular formula is C61H67N5O6P+. The topological polar surface area (TPSA) is 147 Å². The van der Waals surface area contributed by atoms with Crippen molar-refractivity contribution < 1.29 is 28.2 Å². The molecule has 10 bridgehead atoms. The first-order chi connectivity index (χ1) is 35.4. The Labute approximate surface area is 429 Å². The minimum Gasteiger partial charge on any atom is -0.497 e. The molecule has 0 spiro atoms. The molecule has 12 heteroatoms. The summed E-state index contributed by atoms with van der Waals surface area (Å²) in [6.45, 7) is 17.9. The molecule has 4 aromatic heterocycles. The lowest BCUT2D eigenvalue weighted by molar-refractivity contribution is 0.000602. The normalized spacial score (nSPS) is 13.1. The van der Waals surface area contributed by atoms with E-state index in [9.17, 15) is 9.46 Å². The van der Waals surface area contributed by atoms with E-state index < -0.39 is 13.9 Å². The second kappa shape index (κ2) is 21.7. The van der Waals surface area contributed by atoms with Gasteiger partial charge in [0, 0.05) is 43.2 Å². The summed E-state index contributed by atoms with van der Waals surface area (Å²) < 4.78 is 35.6. The molecule has 0 saturated carbocycles.